The van der Waals surface area contributed by atoms with E-state index in [0.29, 0.717) is 12.2 Å². The van der Waals surface area contributed by atoms with Crippen molar-refractivity contribution in [3.05, 3.63) is 41.7 Å². The van der Waals surface area contributed by atoms with Gasteiger partial charge < -0.3 is 20.4 Å². The zero-order valence-electron chi connectivity index (χ0n) is 15.3. The largest absolute Gasteiger partial charge is 0.462 e. The molecule has 0 radical (unpaired) electrons. The topological polar surface area (TPSA) is 133 Å². The van der Waals surface area contributed by atoms with Crippen LogP contribution in [0.4, 0.5) is 11.4 Å². The second-order valence-corrected chi connectivity index (χ2v) is 7.34. The van der Waals surface area contributed by atoms with Crippen LogP contribution in [0.5, 0.6) is 0 Å². The van der Waals surface area contributed by atoms with E-state index in [9.17, 15) is 18.0 Å². The summed E-state index contributed by atoms with van der Waals surface area (Å²) in [5.74, 6) is -1.30. The van der Waals surface area contributed by atoms with Gasteiger partial charge in [0.15, 0.2) is 0 Å². The number of aryl methyl sites for hydroxylation is 1. The molecule has 0 spiro atoms. The Hall–Kier alpha value is -3.01. The number of esters is 1. The average Bonchev–Trinajstić information content (AvgIpc) is 2.99. The van der Waals surface area contributed by atoms with E-state index in [-0.39, 0.29) is 28.4 Å². The number of rotatable bonds is 8. The zero-order chi connectivity index (χ0) is 20.2. The monoisotopic (exact) mass is 394 g/mol. The number of nitrogens with two attached hydrogens (primary N) is 1. The van der Waals surface area contributed by atoms with Crippen molar-refractivity contribution in [2.75, 3.05) is 23.2 Å². The van der Waals surface area contributed by atoms with Gasteiger partial charge in [-0.3, -0.25) is 9.52 Å². The van der Waals surface area contributed by atoms with E-state index in [1.807, 2.05) is 6.92 Å². The van der Waals surface area contributed by atoms with E-state index in [4.69, 9.17) is 10.5 Å². The first-order chi connectivity index (χ1) is 12.7. The number of carbonyl (C=O) groups excluding carboxylic acids is 2. The molecule has 0 aliphatic carbocycles. The summed E-state index contributed by atoms with van der Waals surface area (Å²) in [6, 6.07) is 5.72. The molecule has 0 unspecified atom stereocenters. The van der Waals surface area contributed by atoms with Crippen LogP contribution in [0.3, 0.4) is 0 Å². The van der Waals surface area contributed by atoms with Crippen molar-refractivity contribution >= 4 is 33.3 Å². The van der Waals surface area contributed by atoms with Crippen molar-refractivity contribution in [1.82, 2.24) is 4.57 Å². The average molecular weight is 394 g/mol. The minimum absolute atomic E-state index is 0.0579. The van der Waals surface area contributed by atoms with Gasteiger partial charge >= 0.3 is 5.97 Å². The summed E-state index contributed by atoms with van der Waals surface area (Å²) >= 11 is 0. The molecule has 2 aromatic rings. The summed E-state index contributed by atoms with van der Waals surface area (Å²) < 4.78 is 34.2. The van der Waals surface area contributed by atoms with Crippen molar-refractivity contribution in [3.63, 3.8) is 0 Å². The maximum atomic E-state index is 12.7. The summed E-state index contributed by atoms with van der Waals surface area (Å²) in [5.41, 5.74) is 6.19. The Bertz CT molecular complexity index is 966. The van der Waals surface area contributed by atoms with Crippen LogP contribution in [0, 0.1) is 0 Å². The van der Waals surface area contributed by atoms with Crippen LogP contribution in [0.25, 0.3) is 0 Å². The third-order valence-corrected chi connectivity index (χ3v) is 5.02. The highest BCUT2D eigenvalue weighted by Gasteiger charge is 2.21. The van der Waals surface area contributed by atoms with Gasteiger partial charge in [0, 0.05) is 19.8 Å². The molecule has 9 nitrogen and oxygen atoms in total. The maximum absolute atomic E-state index is 12.7. The third-order valence-electron chi connectivity index (χ3n) is 3.68. The van der Waals surface area contributed by atoms with Crippen LogP contribution in [-0.4, -0.2) is 38.0 Å². The van der Waals surface area contributed by atoms with Gasteiger partial charge in [0.05, 0.1) is 23.5 Å². The van der Waals surface area contributed by atoms with E-state index in [1.54, 1.807) is 19.1 Å². The van der Waals surface area contributed by atoms with E-state index in [1.165, 1.54) is 29.9 Å². The van der Waals surface area contributed by atoms with Crippen LogP contribution in [0.15, 0.2) is 35.4 Å². The molecule has 2 rings (SSSR count). The smallest absolute Gasteiger partial charge is 0.338 e. The molecule has 146 valence electrons. The van der Waals surface area contributed by atoms with Crippen LogP contribution < -0.4 is 15.8 Å². The fourth-order valence-electron chi connectivity index (χ4n) is 2.44. The van der Waals surface area contributed by atoms with Gasteiger partial charge in [0.2, 0.25) is 0 Å². The zero-order valence-corrected chi connectivity index (χ0v) is 16.1. The second kappa shape index (κ2) is 8.12. The van der Waals surface area contributed by atoms with Gasteiger partial charge in [-0.1, -0.05) is 0 Å². The van der Waals surface area contributed by atoms with Gasteiger partial charge in [-0.2, -0.15) is 0 Å². The number of carbonyl (C=O) groups is 2. The minimum atomic E-state index is -4.01. The molecule has 0 saturated carbocycles. The highest BCUT2D eigenvalue weighted by Crippen LogP contribution is 2.27. The number of aromatic nitrogens is 1. The molecule has 1 amide bonds. The number of amides is 1. The third kappa shape index (κ3) is 4.59. The second-order valence-electron chi connectivity index (χ2n) is 5.65. The van der Waals surface area contributed by atoms with Gasteiger partial charge in [-0.15, -0.1) is 0 Å². The molecular formula is C17H22N4O5S. The van der Waals surface area contributed by atoms with Crippen molar-refractivity contribution in [1.29, 1.82) is 0 Å². The Kier molecular flexibility index (Phi) is 6.11. The molecular weight excluding hydrogens is 372 g/mol. The lowest BCUT2D eigenvalue weighted by atomic mass is 10.1. The Morgan fingerprint density at radius 1 is 1.19 bits per heavy atom. The molecule has 0 fully saturated rings. The molecule has 0 saturated heterocycles. The van der Waals surface area contributed by atoms with Gasteiger partial charge in [0.1, 0.15) is 10.6 Å². The standard InChI is InChI=1S/C17H22N4O5S/c1-4-19-13-7-6-11(17(23)26-5-2)8-14(13)20-27(24,25)12-9-15(16(18)22)21(3)10-12/h6-10,19-20H,4-5H2,1-3H3,(H2,18,22). The predicted octanol–water partition coefficient (Wildman–Crippen LogP) is 1.53. The van der Waals surface area contributed by atoms with Crippen LogP contribution in [0.1, 0.15) is 34.7 Å². The number of hydrogen-bond acceptors (Lipinski definition) is 6. The number of hydrogen-bond donors (Lipinski definition) is 3. The van der Waals surface area contributed by atoms with E-state index < -0.39 is 21.9 Å². The normalized spacial score (nSPS) is 11.1. The Labute approximate surface area is 157 Å². The van der Waals surface area contributed by atoms with E-state index >= 15 is 0 Å². The van der Waals surface area contributed by atoms with Crippen LogP contribution >= 0.6 is 0 Å². The lowest BCUT2D eigenvalue weighted by molar-refractivity contribution is 0.0526. The summed E-state index contributed by atoms with van der Waals surface area (Å²) in [6.45, 7) is 4.29. The summed E-state index contributed by atoms with van der Waals surface area (Å²) in [7, 11) is -2.50. The summed E-state index contributed by atoms with van der Waals surface area (Å²) in [6.07, 6.45) is 1.28. The Morgan fingerprint density at radius 2 is 1.89 bits per heavy atom. The lowest BCUT2D eigenvalue weighted by Crippen LogP contribution is -2.15. The number of ether oxygens (including phenoxy) is 1. The SMILES string of the molecule is CCNc1ccc(C(=O)OCC)cc1NS(=O)(=O)c1cc(C(N)=O)n(C)c1. The number of sulfonamides is 1. The number of nitrogens with zero attached hydrogens (tertiary/aromatic N) is 1. The number of primary amides is 1. The summed E-state index contributed by atoms with van der Waals surface area (Å²) in [5, 5.41) is 3.02. The molecule has 0 aliphatic heterocycles. The molecule has 10 heteroatoms. The molecule has 0 bridgehead atoms. The first kappa shape index (κ1) is 20.3. The Balaban J connectivity index is 2.43. The first-order valence-electron chi connectivity index (χ1n) is 8.23. The minimum Gasteiger partial charge on any atom is -0.462 e. The van der Waals surface area contributed by atoms with Crippen LogP contribution in [-0.2, 0) is 21.8 Å². The Morgan fingerprint density at radius 3 is 2.44 bits per heavy atom. The number of anilines is 2. The van der Waals surface area contributed by atoms with E-state index in [0.717, 1.165) is 0 Å². The maximum Gasteiger partial charge on any atom is 0.338 e. The van der Waals surface area contributed by atoms with Crippen LogP contribution in [0.2, 0.25) is 0 Å². The highest BCUT2D eigenvalue weighted by molar-refractivity contribution is 7.92. The fraction of sp³-hybridized carbons (Fsp3) is 0.294. The van der Waals surface area contributed by atoms with Gasteiger partial charge in [-0.25, -0.2) is 13.2 Å². The van der Waals surface area contributed by atoms with Crippen molar-refractivity contribution in [2.45, 2.75) is 18.7 Å². The molecule has 1 heterocycles. The van der Waals surface area contributed by atoms with Gasteiger partial charge in [0.25, 0.3) is 15.9 Å². The lowest BCUT2D eigenvalue weighted by Gasteiger charge is -2.14. The van der Waals surface area contributed by atoms with Crippen molar-refractivity contribution in [2.24, 2.45) is 12.8 Å². The highest BCUT2D eigenvalue weighted by atomic mass is 32.2. The molecule has 1 aromatic carbocycles. The molecule has 27 heavy (non-hydrogen) atoms. The van der Waals surface area contributed by atoms with Crippen molar-refractivity contribution in [3.8, 4) is 0 Å². The number of benzene rings is 1. The molecule has 4 N–H and O–H groups in total. The van der Waals surface area contributed by atoms with Gasteiger partial charge in [-0.05, 0) is 38.1 Å². The predicted molar refractivity (Wildman–Crippen MR) is 101 cm³/mol. The molecule has 1 aromatic heterocycles. The summed E-state index contributed by atoms with van der Waals surface area (Å²) in [4.78, 5) is 23.2. The fourth-order valence-corrected chi connectivity index (χ4v) is 3.58. The first-order valence-corrected chi connectivity index (χ1v) is 9.72. The molecule has 0 aliphatic rings. The quantitative estimate of drug-likeness (QED) is 0.582. The van der Waals surface area contributed by atoms with Crippen molar-refractivity contribution < 1.29 is 22.7 Å². The van der Waals surface area contributed by atoms with E-state index in [2.05, 4.69) is 10.0 Å². The number of nitrogens with one attached hydrogen (secondary N) is 2. The molecule has 0 atom stereocenters.